The molecule has 0 fully saturated rings. The van der Waals surface area contributed by atoms with Crippen LogP contribution in [0.3, 0.4) is 0 Å². The first-order valence-corrected chi connectivity index (χ1v) is 6.89. The highest BCUT2D eigenvalue weighted by molar-refractivity contribution is 9.10. The zero-order valence-electron chi connectivity index (χ0n) is 9.38. The van der Waals surface area contributed by atoms with E-state index in [9.17, 15) is 0 Å². The Kier molecular flexibility index (Phi) is 4.89. The summed E-state index contributed by atoms with van der Waals surface area (Å²) in [6.45, 7) is 0.584. The second kappa shape index (κ2) is 6.43. The number of hydrogen-bond acceptors (Lipinski definition) is 2. The summed E-state index contributed by atoms with van der Waals surface area (Å²) in [5.74, 6) is 0. The Balaban J connectivity index is 1.97. The summed E-state index contributed by atoms with van der Waals surface area (Å²) in [4.78, 5) is 0. The summed E-state index contributed by atoms with van der Waals surface area (Å²) in [5.41, 5.74) is 8.12. The molecule has 0 aliphatic rings. The average molecular weight is 346 g/mol. The third kappa shape index (κ3) is 3.39. The van der Waals surface area contributed by atoms with Crippen LogP contribution in [0.4, 0.5) is 5.69 Å². The second-order valence-electron chi connectivity index (χ2n) is 3.68. The maximum Gasteiger partial charge on any atom is 0.0737 e. The third-order valence-electron chi connectivity index (χ3n) is 2.40. The number of benzene rings is 2. The second-order valence-corrected chi connectivity index (χ2v) is 5.29. The van der Waals surface area contributed by atoms with Crippen molar-refractivity contribution in [1.29, 1.82) is 0 Å². The van der Waals surface area contributed by atoms with Crippen LogP contribution in [0.15, 0.2) is 46.9 Å². The molecule has 0 aliphatic carbocycles. The molecule has 0 aromatic heterocycles. The van der Waals surface area contributed by atoms with Gasteiger partial charge in [-0.2, -0.15) is 0 Å². The topological polar surface area (TPSA) is 24.1 Å². The van der Waals surface area contributed by atoms with Gasteiger partial charge in [0.15, 0.2) is 0 Å². The molecule has 0 bridgehead atoms. The SMILES string of the molecule is Clc1c(Br)ccc(CNNc2ccccc2)c1Cl. The summed E-state index contributed by atoms with van der Waals surface area (Å²) >= 11 is 15.5. The van der Waals surface area contributed by atoms with E-state index in [4.69, 9.17) is 23.2 Å². The Morgan fingerprint density at radius 1 is 0.944 bits per heavy atom. The summed E-state index contributed by atoms with van der Waals surface area (Å²) in [7, 11) is 0. The number of hydrazine groups is 1. The molecule has 2 aromatic rings. The molecule has 2 N–H and O–H groups in total. The van der Waals surface area contributed by atoms with E-state index in [-0.39, 0.29) is 0 Å². The van der Waals surface area contributed by atoms with Crippen molar-refractivity contribution in [3.8, 4) is 0 Å². The van der Waals surface area contributed by atoms with Crippen LogP contribution in [0, 0.1) is 0 Å². The molecule has 0 atom stereocenters. The molecule has 0 radical (unpaired) electrons. The van der Waals surface area contributed by atoms with Crippen molar-refractivity contribution in [2.75, 3.05) is 5.43 Å². The van der Waals surface area contributed by atoms with E-state index >= 15 is 0 Å². The lowest BCUT2D eigenvalue weighted by atomic mass is 10.2. The zero-order valence-corrected chi connectivity index (χ0v) is 12.5. The van der Waals surface area contributed by atoms with Gasteiger partial charge in [-0.05, 0) is 39.7 Å². The molecule has 0 heterocycles. The van der Waals surface area contributed by atoms with Crippen molar-refractivity contribution in [2.24, 2.45) is 0 Å². The van der Waals surface area contributed by atoms with Crippen LogP contribution in [0.2, 0.25) is 10.0 Å². The first-order valence-electron chi connectivity index (χ1n) is 5.35. The smallest absolute Gasteiger partial charge is 0.0737 e. The van der Waals surface area contributed by atoms with Gasteiger partial charge in [0.1, 0.15) is 0 Å². The van der Waals surface area contributed by atoms with Gasteiger partial charge in [0, 0.05) is 16.7 Å². The maximum absolute atomic E-state index is 6.15. The Morgan fingerprint density at radius 3 is 2.39 bits per heavy atom. The standard InChI is InChI=1S/C13H11BrCl2N2/c14-11-7-6-9(12(15)13(11)16)8-17-18-10-4-2-1-3-5-10/h1-7,17-18H,8H2. The number of rotatable bonds is 4. The van der Waals surface area contributed by atoms with E-state index in [2.05, 4.69) is 26.8 Å². The number of hydrogen-bond donors (Lipinski definition) is 2. The van der Waals surface area contributed by atoms with E-state index in [1.165, 1.54) is 0 Å². The van der Waals surface area contributed by atoms with Gasteiger partial charge in [-0.25, -0.2) is 5.43 Å². The van der Waals surface area contributed by atoms with E-state index in [0.717, 1.165) is 15.7 Å². The minimum Gasteiger partial charge on any atom is -0.321 e. The monoisotopic (exact) mass is 344 g/mol. The largest absolute Gasteiger partial charge is 0.321 e. The van der Waals surface area contributed by atoms with Crippen molar-refractivity contribution in [3.05, 3.63) is 62.5 Å². The van der Waals surface area contributed by atoms with Crippen LogP contribution < -0.4 is 10.9 Å². The van der Waals surface area contributed by atoms with Gasteiger partial charge >= 0.3 is 0 Å². The van der Waals surface area contributed by atoms with Gasteiger partial charge in [0.2, 0.25) is 0 Å². The van der Waals surface area contributed by atoms with E-state index in [1.807, 2.05) is 42.5 Å². The van der Waals surface area contributed by atoms with Gasteiger partial charge < -0.3 is 5.43 Å². The Labute approximate surface area is 124 Å². The van der Waals surface area contributed by atoms with Gasteiger partial charge in [-0.15, -0.1) is 0 Å². The normalized spacial score (nSPS) is 10.4. The molecule has 0 saturated carbocycles. The van der Waals surface area contributed by atoms with Gasteiger partial charge in [-0.3, -0.25) is 0 Å². The Morgan fingerprint density at radius 2 is 1.67 bits per heavy atom. The van der Waals surface area contributed by atoms with Crippen LogP contribution in [0.5, 0.6) is 0 Å². The minimum absolute atomic E-state index is 0.538. The summed E-state index contributed by atoms with van der Waals surface area (Å²) in [6.07, 6.45) is 0. The molecule has 2 nitrogen and oxygen atoms in total. The molecular weight excluding hydrogens is 335 g/mol. The highest BCUT2D eigenvalue weighted by Gasteiger charge is 2.07. The predicted octanol–water partition coefficient (Wildman–Crippen LogP) is 4.87. The molecule has 0 unspecified atom stereocenters. The van der Waals surface area contributed by atoms with Gasteiger partial charge in [-0.1, -0.05) is 47.5 Å². The zero-order chi connectivity index (χ0) is 13.0. The fourth-order valence-electron chi connectivity index (χ4n) is 1.47. The van der Waals surface area contributed by atoms with Crippen LogP contribution in [-0.4, -0.2) is 0 Å². The highest BCUT2D eigenvalue weighted by atomic mass is 79.9. The van der Waals surface area contributed by atoms with Crippen LogP contribution in [0.25, 0.3) is 0 Å². The van der Waals surface area contributed by atoms with Crippen LogP contribution >= 0.6 is 39.1 Å². The van der Waals surface area contributed by atoms with Crippen LogP contribution in [0.1, 0.15) is 5.56 Å². The Hall–Kier alpha value is -0.740. The lowest BCUT2D eigenvalue weighted by Gasteiger charge is -2.10. The van der Waals surface area contributed by atoms with Crippen LogP contribution in [-0.2, 0) is 6.54 Å². The first kappa shape index (κ1) is 13.7. The number of halogens is 3. The van der Waals surface area contributed by atoms with Crippen molar-refractivity contribution in [3.63, 3.8) is 0 Å². The Bertz CT molecular complexity index is 532. The molecule has 18 heavy (non-hydrogen) atoms. The molecule has 0 amide bonds. The average Bonchev–Trinajstić information content (AvgIpc) is 2.40. The molecule has 94 valence electrons. The lowest BCUT2D eigenvalue weighted by molar-refractivity contribution is 0.801. The first-order chi connectivity index (χ1) is 8.68. The summed E-state index contributed by atoms with van der Waals surface area (Å²) in [6, 6.07) is 13.7. The van der Waals surface area contributed by atoms with E-state index in [0.29, 0.717) is 16.6 Å². The molecule has 5 heteroatoms. The quantitative estimate of drug-likeness (QED) is 0.610. The number of anilines is 1. The van der Waals surface area contributed by atoms with E-state index in [1.54, 1.807) is 0 Å². The minimum atomic E-state index is 0.538. The summed E-state index contributed by atoms with van der Waals surface area (Å²) in [5, 5.41) is 1.10. The number of nitrogens with one attached hydrogen (secondary N) is 2. The molecule has 0 saturated heterocycles. The highest BCUT2D eigenvalue weighted by Crippen LogP contribution is 2.32. The molecule has 2 aromatic carbocycles. The van der Waals surface area contributed by atoms with E-state index < -0.39 is 0 Å². The lowest BCUT2D eigenvalue weighted by Crippen LogP contribution is -2.20. The molecule has 0 aliphatic heterocycles. The fourth-order valence-corrected chi connectivity index (χ4v) is 2.33. The van der Waals surface area contributed by atoms with Crippen molar-refractivity contribution < 1.29 is 0 Å². The summed E-state index contributed by atoms with van der Waals surface area (Å²) < 4.78 is 0.800. The molecule has 0 spiro atoms. The van der Waals surface area contributed by atoms with Gasteiger partial charge in [0.05, 0.1) is 10.0 Å². The number of para-hydroxylation sites is 1. The van der Waals surface area contributed by atoms with Crippen molar-refractivity contribution >= 4 is 44.8 Å². The van der Waals surface area contributed by atoms with Crippen molar-refractivity contribution in [1.82, 2.24) is 5.43 Å². The van der Waals surface area contributed by atoms with Gasteiger partial charge in [0.25, 0.3) is 0 Å². The third-order valence-corrected chi connectivity index (χ3v) is 4.21. The molecular formula is C13H11BrCl2N2. The maximum atomic E-state index is 6.15. The fraction of sp³-hybridized carbons (Fsp3) is 0.0769. The predicted molar refractivity (Wildman–Crippen MR) is 81.1 cm³/mol. The molecule has 2 rings (SSSR count). The van der Waals surface area contributed by atoms with Crippen molar-refractivity contribution in [2.45, 2.75) is 6.54 Å².